The van der Waals surface area contributed by atoms with Gasteiger partial charge in [-0.3, -0.25) is 4.79 Å². The van der Waals surface area contributed by atoms with Crippen LogP contribution in [0.15, 0.2) is 119 Å². The van der Waals surface area contributed by atoms with E-state index in [4.69, 9.17) is 9.47 Å². The predicted molar refractivity (Wildman–Crippen MR) is 165 cm³/mol. The van der Waals surface area contributed by atoms with Gasteiger partial charge in [0.05, 0.1) is 36.4 Å². The summed E-state index contributed by atoms with van der Waals surface area (Å²) in [6.45, 7) is 3.30. The number of methoxy groups -OCH3 is 2. The van der Waals surface area contributed by atoms with Crippen molar-refractivity contribution in [2.75, 3.05) is 14.2 Å². The first-order chi connectivity index (χ1) is 21.1. The number of carbonyl (C=O) groups is 3. The van der Waals surface area contributed by atoms with Crippen LogP contribution in [0.1, 0.15) is 34.0 Å². The average molecular weight is 611 g/mol. The summed E-state index contributed by atoms with van der Waals surface area (Å²) in [7, 11) is -2.20. The molecule has 0 bridgehead atoms. The van der Waals surface area contributed by atoms with E-state index in [0.717, 1.165) is 24.1 Å². The third-order valence-corrected chi connectivity index (χ3v) is 9.05. The van der Waals surface area contributed by atoms with E-state index >= 15 is 0 Å². The third kappa shape index (κ3) is 5.47. The van der Waals surface area contributed by atoms with Crippen molar-refractivity contribution >= 4 is 39.1 Å². The molecule has 0 amide bonds. The summed E-state index contributed by atoms with van der Waals surface area (Å²) in [6.07, 6.45) is 6.55. The number of hydrogen-bond acceptors (Lipinski definition) is 8. The number of ether oxygens (including phenoxy) is 2. The molecule has 0 spiro atoms. The lowest BCUT2D eigenvalue weighted by Gasteiger charge is -2.37. The molecule has 5 rings (SSSR count). The topological polar surface area (TPSA) is 110 Å². The Morgan fingerprint density at radius 1 is 0.773 bits per heavy atom. The molecule has 2 heterocycles. The Morgan fingerprint density at radius 2 is 1.39 bits per heavy atom. The van der Waals surface area contributed by atoms with E-state index in [1.165, 1.54) is 25.3 Å². The monoisotopic (exact) mass is 610 g/mol. The largest absolute Gasteiger partial charge is 0.466 e. The van der Waals surface area contributed by atoms with Crippen molar-refractivity contribution in [2.45, 2.75) is 24.8 Å². The van der Waals surface area contributed by atoms with Crippen LogP contribution in [0.3, 0.4) is 0 Å². The second kappa shape index (κ2) is 12.2. The van der Waals surface area contributed by atoms with E-state index in [9.17, 15) is 22.8 Å². The van der Waals surface area contributed by atoms with Crippen molar-refractivity contribution in [1.82, 2.24) is 9.21 Å². The number of aryl methyl sites for hydroxylation is 1. The first-order valence-corrected chi connectivity index (χ1v) is 15.1. The van der Waals surface area contributed by atoms with Gasteiger partial charge in [-0.15, -0.1) is 0 Å². The molecule has 3 aromatic carbocycles. The van der Waals surface area contributed by atoms with Crippen molar-refractivity contribution in [3.63, 3.8) is 0 Å². The van der Waals surface area contributed by atoms with Crippen LogP contribution in [0.2, 0.25) is 0 Å². The molecule has 1 atom stereocenters. The number of rotatable bonds is 7. The zero-order valence-corrected chi connectivity index (χ0v) is 25.4. The number of hydrogen-bond donors (Lipinski definition) is 0. The van der Waals surface area contributed by atoms with E-state index < -0.39 is 33.7 Å². The van der Waals surface area contributed by atoms with Gasteiger partial charge in [0.2, 0.25) is 0 Å². The molecule has 0 radical (unpaired) electrons. The quantitative estimate of drug-likeness (QED) is 0.269. The van der Waals surface area contributed by atoms with Crippen LogP contribution in [0, 0.1) is 6.92 Å². The van der Waals surface area contributed by atoms with Gasteiger partial charge < -0.3 is 14.4 Å². The van der Waals surface area contributed by atoms with Gasteiger partial charge in [-0.1, -0.05) is 84.4 Å². The fourth-order valence-corrected chi connectivity index (χ4v) is 6.50. The standard InChI is InChI=1S/C34H30N2O7S/c1-22-13-19-27(20-14-22)44(40,41)35-21-30(25-9-6-5-7-10-25)36-28(26-17-15-24(16-18-26)23(2)37)11-8-12-29(36)31(33(38)42-3)32(35)34(39)43-4/h5-21,29H,1-4H3. The Bertz CT molecular complexity index is 1850. The normalized spacial score (nSPS) is 16.4. The van der Waals surface area contributed by atoms with E-state index in [1.54, 1.807) is 77.7 Å². The Hall–Kier alpha value is -5.22. The Kier molecular flexibility index (Phi) is 8.37. The number of nitrogens with zero attached hydrogens (tertiary/aromatic N) is 2. The smallest absolute Gasteiger partial charge is 0.356 e. The first kappa shape index (κ1) is 30.2. The lowest BCUT2D eigenvalue weighted by molar-refractivity contribution is -0.140. The first-order valence-electron chi connectivity index (χ1n) is 13.7. The summed E-state index contributed by atoms with van der Waals surface area (Å²) in [5.74, 6) is -2.05. The number of ketones is 1. The molecule has 44 heavy (non-hydrogen) atoms. The average Bonchev–Trinajstić information content (AvgIpc) is 3.20. The minimum absolute atomic E-state index is 0.0941. The highest BCUT2D eigenvalue weighted by Gasteiger charge is 2.44. The van der Waals surface area contributed by atoms with Gasteiger partial charge in [-0.05, 0) is 43.2 Å². The number of benzene rings is 3. The van der Waals surface area contributed by atoms with Gasteiger partial charge in [0.25, 0.3) is 10.0 Å². The molecule has 9 nitrogen and oxygen atoms in total. The maximum absolute atomic E-state index is 14.4. The molecular formula is C34H30N2O7S. The van der Waals surface area contributed by atoms with Crippen LogP contribution in [0.5, 0.6) is 0 Å². The summed E-state index contributed by atoms with van der Waals surface area (Å²) in [5.41, 5.74) is 2.87. The number of sulfonamides is 1. The molecule has 0 aromatic heterocycles. The van der Waals surface area contributed by atoms with Crippen LogP contribution in [0.25, 0.3) is 11.4 Å². The molecule has 0 saturated carbocycles. The Labute approximate surface area is 256 Å². The second-order valence-corrected chi connectivity index (χ2v) is 11.9. The van der Waals surface area contributed by atoms with Gasteiger partial charge in [-0.2, -0.15) is 0 Å². The summed E-state index contributed by atoms with van der Waals surface area (Å²) in [6, 6.07) is 21.1. The number of Topliss-reactive ketones (excluding diaryl/α,β-unsaturated/α-hetero) is 1. The summed E-state index contributed by atoms with van der Waals surface area (Å²) < 4.78 is 39.8. The second-order valence-electron chi connectivity index (χ2n) is 10.1. The molecule has 0 fully saturated rings. The fraction of sp³-hybridized carbons (Fsp3) is 0.147. The van der Waals surface area contributed by atoms with Crippen molar-refractivity contribution in [3.8, 4) is 0 Å². The molecule has 2 aliphatic heterocycles. The number of fused-ring (bicyclic) bond motifs is 1. The van der Waals surface area contributed by atoms with Crippen LogP contribution >= 0.6 is 0 Å². The van der Waals surface area contributed by atoms with Crippen molar-refractivity contribution in [3.05, 3.63) is 137 Å². The van der Waals surface area contributed by atoms with Gasteiger partial charge in [0, 0.05) is 17.5 Å². The van der Waals surface area contributed by atoms with Crippen LogP contribution in [0.4, 0.5) is 0 Å². The summed E-state index contributed by atoms with van der Waals surface area (Å²) in [5, 5.41) is 0. The predicted octanol–water partition coefficient (Wildman–Crippen LogP) is 5.08. The Balaban J connectivity index is 1.86. The molecule has 0 N–H and O–H groups in total. The lowest BCUT2D eigenvalue weighted by atomic mass is 9.95. The molecule has 2 aliphatic rings. The summed E-state index contributed by atoms with van der Waals surface area (Å²) in [4.78, 5) is 40.8. The minimum atomic E-state index is -4.48. The number of carbonyl (C=O) groups excluding carboxylic acids is 3. The van der Waals surface area contributed by atoms with Crippen LogP contribution in [-0.4, -0.2) is 55.6 Å². The SMILES string of the molecule is COC(=O)C1=C(C(=O)OC)N(S(=O)(=O)c2ccc(C)cc2)C=C(c2ccccc2)N2C(c3ccc(C(C)=O)cc3)=CC=CC12. The molecule has 3 aromatic rings. The number of esters is 2. The van der Waals surface area contributed by atoms with Crippen molar-refractivity contribution < 1.29 is 32.3 Å². The minimum Gasteiger partial charge on any atom is -0.466 e. The molecule has 0 saturated heterocycles. The number of allylic oxidation sites excluding steroid dienone is 2. The zero-order valence-electron chi connectivity index (χ0n) is 24.6. The van der Waals surface area contributed by atoms with Crippen LogP contribution in [-0.2, 0) is 29.1 Å². The highest BCUT2D eigenvalue weighted by atomic mass is 32.2. The molecule has 10 heteroatoms. The molecule has 224 valence electrons. The zero-order chi connectivity index (χ0) is 31.6. The molecule has 0 aliphatic carbocycles. The highest BCUT2D eigenvalue weighted by molar-refractivity contribution is 7.89. The van der Waals surface area contributed by atoms with Crippen LogP contribution < -0.4 is 0 Å². The van der Waals surface area contributed by atoms with Gasteiger partial charge in [0.15, 0.2) is 11.5 Å². The maximum atomic E-state index is 14.4. The van der Waals surface area contributed by atoms with Gasteiger partial charge in [0.1, 0.15) is 0 Å². The van der Waals surface area contributed by atoms with Gasteiger partial charge >= 0.3 is 11.9 Å². The maximum Gasteiger partial charge on any atom is 0.356 e. The van der Waals surface area contributed by atoms with E-state index in [-0.39, 0.29) is 16.3 Å². The van der Waals surface area contributed by atoms with Crippen molar-refractivity contribution in [2.24, 2.45) is 0 Å². The lowest BCUT2D eigenvalue weighted by Crippen LogP contribution is -2.38. The summed E-state index contributed by atoms with van der Waals surface area (Å²) >= 11 is 0. The third-order valence-electron chi connectivity index (χ3n) is 7.37. The molecule has 1 unspecified atom stereocenters. The Morgan fingerprint density at radius 3 is 1.98 bits per heavy atom. The molecular weight excluding hydrogens is 580 g/mol. The van der Waals surface area contributed by atoms with E-state index in [2.05, 4.69) is 0 Å². The highest BCUT2D eigenvalue weighted by Crippen LogP contribution is 2.42. The van der Waals surface area contributed by atoms with E-state index in [0.29, 0.717) is 28.1 Å². The van der Waals surface area contributed by atoms with Crippen molar-refractivity contribution in [1.29, 1.82) is 0 Å². The van der Waals surface area contributed by atoms with Gasteiger partial charge in [-0.25, -0.2) is 22.3 Å². The van der Waals surface area contributed by atoms with E-state index in [1.807, 2.05) is 19.1 Å². The fourth-order valence-electron chi connectivity index (χ4n) is 5.14.